The molecule has 0 radical (unpaired) electrons. The third-order valence-electron chi connectivity index (χ3n) is 2.32. The molecule has 0 atom stereocenters. The molecule has 2 heterocycles. The molecule has 0 fully saturated rings. The summed E-state index contributed by atoms with van der Waals surface area (Å²) < 4.78 is 0. The van der Waals surface area contributed by atoms with Gasteiger partial charge in [0.2, 0.25) is 11.6 Å². The zero-order valence-corrected chi connectivity index (χ0v) is 11.2. The first-order valence-electron chi connectivity index (χ1n) is 5.44. The van der Waals surface area contributed by atoms with E-state index in [9.17, 15) is 10.1 Å². The first kappa shape index (κ1) is 13.1. The molecule has 0 saturated heterocycles. The summed E-state index contributed by atoms with van der Waals surface area (Å²) in [6, 6.07) is 0. The summed E-state index contributed by atoms with van der Waals surface area (Å²) in [6.07, 6.45) is 3.03. The second kappa shape index (κ2) is 5.57. The van der Waals surface area contributed by atoms with E-state index >= 15 is 0 Å². The summed E-state index contributed by atoms with van der Waals surface area (Å²) >= 11 is 1.53. The van der Waals surface area contributed by atoms with Crippen LogP contribution in [-0.2, 0) is 6.54 Å². The number of anilines is 2. The van der Waals surface area contributed by atoms with E-state index in [1.54, 1.807) is 13.2 Å². The Bertz CT molecular complexity index is 599. The van der Waals surface area contributed by atoms with Gasteiger partial charge in [-0.25, -0.2) is 15.0 Å². The number of hydrogen-bond donors (Lipinski definition) is 2. The monoisotopic (exact) mass is 280 g/mol. The van der Waals surface area contributed by atoms with Crippen molar-refractivity contribution in [2.24, 2.45) is 0 Å². The van der Waals surface area contributed by atoms with Crippen molar-refractivity contribution in [1.29, 1.82) is 0 Å². The second-order valence-corrected chi connectivity index (χ2v) is 4.96. The van der Waals surface area contributed by atoms with Crippen LogP contribution in [0.4, 0.5) is 17.3 Å². The first-order valence-corrected chi connectivity index (χ1v) is 6.25. The predicted octanol–water partition coefficient (Wildman–Crippen LogP) is 1.80. The Morgan fingerprint density at radius 3 is 2.68 bits per heavy atom. The molecule has 100 valence electrons. The Labute approximate surface area is 113 Å². The van der Waals surface area contributed by atoms with E-state index in [0.29, 0.717) is 6.54 Å². The Kier molecular flexibility index (Phi) is 3.85. The molecule has 0 aliphatic heterocycles. The van der Waals surface area contributed by atoms with E-state index in [-0.39, 0.29) is 17.3 Å². The maximum Gasteiger partial charge on any atom is 0.353 e. The van der Waals surface area contributed by atoms with Crippen molar-refractivity contribution in [3.05, 3.63) is 32.5 Å². The lowest BCUT2D eigenvalue weighted by Gasteiger charge is -2.06. The van der Waals surface area contributed by atoms with E-state index in [0.717, 1.165) is 9.88 Å². The molecule has 0 bridgehead atoms. The topological polar surface area (TPSA) is 106 Å². The summed E-state index contributed by atoms with van der Waals surface area (Å²) in [7, 11) is 1.57. The van der Waals surface area contributed by atoms with Crippen LogP contribution < -0.4 is 10.6 Å². The molecule has 0 aliphatic rings. The fourth-order valence-electron chi connectivity index (χ4n) is 1.51. The van der Waals surface area contributed by atoms with Crippen LogP contribution in [0.25, 0.3) is 0 Å². The molecule has 0 spiro atoms. The highest BCUT2D eigenvalue weighted by Gasteiger charge is 2.21. The average molecular weight is 280 g/mol. The van der Waals surface area contributed by atoms with Crippen LogP contribution in [0.1, 0.15) is 9.88 Å². The summed E-state index contributed by atoms with van der Waals surface area (Å²) in [5.74, 6) is 0.357. The Balaban J connectivity index is 2.22. The van der Waals surface area contributed by atoms with Crippen molar-refractivity contribution in [2.75, 3.05) is 17.7 Å². The van der Waals surface area contributed by atoms with Gasteiger partial charge in [-0.05, 0) is 6.92 Å². The van der Waals surface area contributed by atoms with Crippen molar-refractivity contribution in [3.63, 3.8) is 0 Å². The SMILES string of the molecule is CNc1ncnc(NCc2ncc(C)s2)c1[N+](=O)[O-]. The van der Waals surface area contributed by atoms with E-state index in [1.807, 2.05) is 6.92 Å². The summed E-state index contributed by atoms with van der Waals surface area (Å²) in [5, 5.41) is 17.5. The summed E-state index contributed by atoms with van der Waals surface area (Å²) in [6.45, 7) is 2.34. The van der Waals surface area contributed by atoms with Crippen LogP contribution in [0.15, 0.2) is 12.5 Å². The van der Waals surface area contributed by atoms with Gasteiger partial charge in [0.1, 0.15) is 11.3 Å². The number of rotatable bonds is 5. The standard InChI is InChI=1S/C10H12N6O2S/c1-6-3-12-7(19-6)4-13-10-8(16(17)18)9(11-2)14-5-15-10/h3,5H,4H2,1-2H3,(H2,11,13,14,15). The van der Waals surface area contributed by atoms with Gasteiger partial charge >= 0.3 is 5.69 Å². The predicted molar refractivity (Wildman–Crippen MR) is 72.4 cm³/mol. The van der Waals surface area contributed by atoms with E-state index < -0.39 is 4.92 Å². The fourth-order valence-corrected chi connectivity index (χ4v) is 2.23. The molecule has 19 heavy (non-hydrogen) atoms. The number of aryl methyl sites for hydroxylation is 1. The van der Waals surface area contributed by atoms with Crippen LogP contribution in [-0.4, -0.2) is 26.9 Å². The minimum Gasteiger partial charge on any atom is -0.367 e. The Hall–Kier alpha value is -2.29. The molecule has 0 saturated carbocycles. The highest BCUT2D eigenvalue weighted by atomic mass is 32.1. The molecule has 2 rings (SSSR count). The van der Waals surface area contributed by atoms with Gasteiger partial charge in [-0.15, -0.1) is 11.3 Å². The normalized spacial score (nSPS) is 10.2. The molecule has 2 aromatic heterocycles. The third kappa shape index (κ3) is 2.94. The van der Waals surface area contributed by atoms with Gasteiger partial charge in [0.15, 0.2) is 0 Å². The van der Waals surface area contributed by atoms with Gasteiger partial charge in [0, 0.05) is 18.1 Å². The number of hydrogen-bond acceptors (Lipinski definition) is 8. The number of nitrogens with zero attached hydrogens (tertiary/aromatic N) is 4. The zero-order valence-electron chi connectivity index (χ0n) is 10.4. The molecular weight excluding hydrogens is 268 g/mol. The lowest BCUT2D eigenvalue weighted by Crippen LogP contribution is -2.08. The van der Waals surface area contributed by atoms with Gasteiger partial charge < -0.3 is 10.6 Å². The highest BCUT2D eigenvalue weighted by Crippen LogP contribution is 2.28. The molecule has 2 N–H and O–H groups in total. The zero-order chi connectivity index (χ0) is 13.8. The Morgan fingerprint density at radius 2 is 2.11 bits per heavy atom. The summed E-state index contributed by atoms with van der Waals surface area (Å²) in [4.78, 5) is 23.5. The number of aromatic nitrogens is 3. The van der Waals surface area contributed by atoms with Crippen LogP contribution in [0.2, 0.25) is 0 Å². The fraction of sp³-hybridized carbons (Fsp3) is 0.300. The molecule has 0 aliphatic carbocycles. The van der Waals surface area contributed by atoms with Crippen molar-refractivity contribution in [1.82, 2.24) is 15.0 Å². The smallest absolute Gasteiger partial charge is 0.353 e. The first-order chi connectivity index (χ1) is 9.11. The average Bonchev–Trinajstić information content (AvgIpc) is 2.81. The maximum atomic E-state index is 11.0. The quantitative estimate of drug-likeness (QED) is 0.635. The van der Waals surface area contributed by atoms with Gasteiger partial charge in [0.25, 0.3) is 0 Å². The molecular formula is C10H12N6O2S. The Morgan fingerprint density at radius 1 is 1.37 bits per heavy atom. The molecule has 2 aromatic rings. The molecule has 9 heteroatoms. The summed E-state index contributed by atoms with van der Waals surface area (Å²) in [5.41, 5.74) is -0.168. The van der Waals surface area contributed by atoms with E-state index in [4.69, 9.17) is 0 Å². The number of nitro groups is 1. The minimum absolute atomic E-state index is 0.168. The van der Waals surface area contributed by atoms with E-state index in [1.165, 1.54) is 17.7 Å². The lowest BCUT2D eigenvalue weighted by molar-refractivity contribution is -0.383. The van der Waals surface area contributed by atoms with Crippen molar-refractivity contribution in [2.45, 2.75) is 13.5 Å². The molecule has 8 nitrogen and oxygen atoms in total. The largest absolute Gasteiger partial charge is 0.367 e. The van der Waals surface area contributed by atoms with Crippen LogP contribution in [0.5, 0.6) is 0 Å². The van der Waals surface area contributed by atoms with Crippen LogP contribution in [0, 0.1) is 17.0 Å². The molecule has 0 aromatic carbocycles. The van der Waals surface area contributed by atoms with Gasteiger partial charge in [-0.1, -0.05) is 0 Å². The van der Waals surface area contributed by atoms with Crippen molar-refractivity contribution >= 4 is 28.7 Å². The third-order valence-corrected chi connectivity index (χ3v) is 3.23. The van der Waals surface area contributed by atoms with Gasteiger partial charge in [-0.2, -0.15) is 0 Å². The minimum atomic E-state index is -0.513. The number of thiazole rings is 1. The number of nitrogens with one attached hydrogen (secondary N) is 2. The van der Waals surface area contributed by atoms with E-state index in [2.05, 4.69) is 25.6 Å². The maximum absolute atomic E-state index is 11.0. The molecule has 0 amide bonds. The second-order valence-electron chi connectivity index (χ2n) is 3.64. The van der Waals surface area contributed by atoms with Gasteiger partial charge in [0.05, 0.1) is 11.5 Å². The van der Waals surface area contributed by atoms with Crippen molar-refractivity contribution < 1.29 is 4.92 Å². The van der Waals surface area contributed by atoms with Gasteiger partial charge in [-0.3, -0.25) is 10.1 Å². The van der Waals surface area contributed by atoms with Crippen molar-refractivity contribution in [3.8, 4) is 0 Å². The lowest BCUT2D eigenvalue weighted by atomic mass is 10.4. The highest BCUT2D eigenvalue weighted by molar-refractivity contribution is 7.11. The van der Waals surface area contributed by atoms with Crippen LogP contribution in [0.3, 0.4) is 0 Å². The molecule has 0 unspecified atom stereocenters. The van der Waals surface area contributed by atoms with Crippen LogP contribution >= 0.6 is 11.3 Å².